The van der Waals surface area contributed by atoms with Gasteiger partial charge in [0.25, 0.3) is 0 Å². The molecule has 0 fully saturated rings. The van der Waals surface area contributed by atoms with E-state index in [9.17, 15) is 4.79 Å². The minimum absolute atomic E-state index is 0.112. The number of anilines is 1. The third-order valence-electron chi connectivity index (χ3n) is 4.54. The van der Waals surface area contributed by atoms with Crippen molar-refractivity contribution < 1.29 is 4.79 Å². The first-order chi connectivity index (χ1) is 13.4. The highest BCUT2D eigenvalue weighted by molar-refractivity contribution is 5.91. The van der Waals surface area contributed by atoms with E-state index in [1.807, 2.05) is 54.9 Å². The van der Waals surface area contributed by atoms with E-state index in [0.29, 0.717) is 11.9 Å². The number of aromatic nitrogens is 2. The summed E-state index contributed by atoms with van der Waals surface area (Å²) in [5, 5.41) is 6.08. The number of carbonyl (C=O) groups excluding carboxylic acids is 1. The molecule has 0 aliphatic carbocycles. The van der Waals surface area contributed by atoms with Gasteiger partial charge in [-0.1, -0.05) is 70.2 Å². The Bertz CT molecular complexity index is 912. The third kappa shape index (κ3) is 4.87. The van der Waals surface area contributed by atoms with Crippen LogP contribution in [0.4, 0.5) is 5.95 Å². The van der Waals surface area contributed by atoms with Crippen LogP contribution in [0, 0.1) is 0 Å². The molecule has 5 heteroatoms. The lowest BCUT2D eigenvalue weighted by Gasteiger charge is -2.12. The van der Waals surface area contributed by atoms with Gasteiger partial charge in [0.1, 0.15) is 0 Å². The Balaban J connectivity index is 1.94. The molecule has 0 aliphatic heterocycles. The predicted molar refractivity (Wildman–Crippen MR) is 115 cm³/mol. The maximum Gasteiger partial charge on any atom is 0.240 e. The van der Waals surface area contributed by atoms with Crippen molar-refractivity contribution in [3.8, 4) is 16.9 Å². The number of amides is 1. The lowest BCUT2D eigenvalue weighted by molar-refractivity contribution is -0.115. The van der Waals surface area contributed by atoms with Gasteiger partial charge >= 0.3 is 0 Å². The fraction of sp³-hybridized carbons (Fsp3) is 0.304. The van der Waals surface area contributed by atoms with Gasteiger partial charge in [0.15, 0.2) is 0 Å². The Morgan fingerprint density at radius 1 is 1.00 bits per heavy atom. The zero-order valence-corrected chi connectivity index (χ0v) is 16.9. The number of rotatable bonds is 7. The van der Waals surface area contributed by atoms with E-state index >= 15 is 0 Å². The summed E-state index contributed by atoms with van der Waals surface area (Å²) in [6.45, 7) is 8.62. The summed E-state index contributed by atoms with van der Waals surface area (Å²) in [6, 6.07) is 18.6. The lowest BCUT2D eigenvalue weighted by Crippen LogP contribution is -2.33. The molecule has 0 saturated carbocycles. The first-order valence-electron chi connectivity index (χ1n) is 9.72. The van der Waals surface area contributed by atoms with Crippen LogP contribution in [0.1, 0.15) is 39.2 Å². The van der Waals surface area contributed by atoms with E-state index in [1.165, 1.54) is 5.56 Å². The summed E-state index contributed by atoms with van der Waals surface area (Å²) in [7, 11) is 0. The number of hydrogen-bond donors (Lipinski definition) is 2. The molecule has 0 spiro atoms. The molecule has 0 aliphatic rings. The minimum Gasteiger partial charge on any atom is -0.306 e. The maximum absolute atomic E-state index is 12.4. The van der Waals surface area contributed by atoms with Crippen LogP contribution in [0.5, 0.6) is 0 Å². The van der Waals surface area contributed by atoms with E-state index < -0.39 is 0 Å². The summed E-state index contributed by atoms with van der Waals surface area (Å²) in [6.07, 6.45) is 1.96. The summed E-state index contributed by atoms with van der Waals surface area (Å²) < 4.78 is 1.93. The van der Waals surface area contributed by atoms with Crippen LogP contribution >= 0.6 is 0 Å². The van der Waals surface area contributed by atoms with Crippen LogP contribution in [0.25, 0.3) is 16.9 Å². The molecular weight excluding hydrogens is 348 g/mol. The number of carbonyl (C=O) groups is 1. The van der Waals surface area contributed by atoms with Crippen LogP contribution in [-0.2, 0) is 4.79 Å². The summed E-state index contributed by atoms with van der Waals surface area (Å²) in [4.78, 5) is 17.0. The zero-order valence-electron chi connectivity index (χ0n) is 16.9. The monoisotopic (exact) mass is 376 g/mol. The Labute approximate surface area is 166 Å². The second-order valence-electron chi connectivity index (χ2n) is 7.52. The SMILES string of the molecule is CC(C)NCC(=O)Nc1nc(-c2ccccc2)cn1-c1ccc(C(C)C)cc1. The Morgan fingerprint density at radius 2 is 1.68 bits per heavy atom. The first-order valence-corrected chi connectivity index (χ1v) is 9.72. The van der Waals surface area contributed by atoms with E-state index in [1.54, 1.807) is 0 Å². The van der Waals surface area contributed by atoms with Crippen molar-refractivity contribution in [2.24, 2.45) is 0 Å². The van der Waals surface area contributed by atoms with Crippen molar-refractivity contribution in [2.45, 2.75) is 39.7 Å². The van der Waals surface area contributed by atoms with E-state index in [-0.39, 0.29) is 18.5 Å². The van der Waals surface area contributed by atoms with Crippen molar-refractivity contribution in [3.63, 3.8) is 0 Å². The van der Waals surface area contributed by atoms with Gasteiger partial charge in [0.05, 0.1) is 12.2 Å². The lowest BCUT2D eigenvalue weighted by atomic mass is 10.0. The number of benzene rings is 2. The largest absolute Gasteiger partial charge is 0.306 e. The van der Waals surface area contributed by atoms with Crippen LogP contribution in [-0.4, -0.2) is 28.0 Å². The quantitative estimate of drug-likeness (QED) is 0.634. The number of nitrogens with one attached hydrogen (secondary N) is 2. The van der Waals surface area contributed by atoms with Crippen molar-refractivity contribution >= 4 is 11.9 Å². The van der Waals surface area contributed by atoms with E-state index in [0.717, 1.165) is 16.9 Å². The van der Waals surface area contributed by atoms with Gasteiger partial charge < -0.3 is 5.32 Å². The number of hydrogen-bond acceptors (Lipinski definition) is 3. The van der Waals surface area contributed by atoms with Gasteiger partial charge in [-0.3, -0.25) is 14.7 Å². The van der Waals surface area contributed by atoms with Crippen LogP contribution < -0.4 is 10.6 Å². The summed E-state index contributed by atoms with van der Waals surface area (Å²) in [5.41, 5.74) is 4.07. The second kappa shape index (κ2) is 8.85. The fourth-order valence-corrected chi connectivity index (χ4v) is 2.90. The molecule has 0 radical (unpaired) electrons. The Hall–Kier alpha value is -2.92. The molecule has 5 nitrogen and oxygen atoms in total. The molecule has 1 amide bonds. The van der Waals surface area contributed by atoms with Gasteiger partial charge in [0, 0.05) is 23.5 Å². The summed E-state index contributed by atoms with van der Waals surface area (Å²) >= 11 is 0. The van der Waals surface area contributed by atoms with Gasteiger partial charge in [-0.25, -0.2) is 4.98 Å². The zero-order chi connectivity index (χ0) is 20.1. The van der Waals surface area contributed by atoms with Crippen LogP contribution in [0.15, 0.2) is 60.8 Å². The first kappa shape index (κ1) is 19.8. The van der Waals surface area contributed by atoms with Gasteiger partial charge in [0.2, 0.25) is 11.9 Å². The molecule has 2 N–H and O–H groups in total. The molecular formula is C23H28N4O. The second-order valence-corrected chi connectivity index (χ2v) is 7.52. The molecule has 2 aromatic carbocycles. The molecule has 3 aromatic rings. The number of nitrogens with zero attached hydrogens (tertiary/aromatic N) is 2. The average molecular weight is 377 g/mol. The topological polar surface area (TPSA) is 59.0 Å². The molecule has 1 heterocycles. The van der Waals surface area contributed by atoms with Crippen molar-refractivity contribution in [1.29, 1.82) is 0 Å². The molecule has 146 valence electrons. The predicted octanol–water partition coefficient (Wildman–Crippen LogP) is 4.60. The smallest absolute Gasteiger partial charge is 0.240 e. The van der Waals surface area contributed by atoms with E-state index in [4.69, 9.17) is 0 Å². The van der Waals surface area contributed by atoms with Crippen molar-refractivity contribution in [2.75, 3.05) is 11.9 Å². The molecule has 3 rings (SSSR count). The molecule has 0 saturated heterocycles. The highest BCUT2D eigenvalue weighted by atomic mass is 16.2. The fourth-order valence-electron chi connectivity index (χ4n) is 2.90. The third-order valence-corrected chi connectivity index (χ3v) is 4.54. The van der Waals surface area contributed by atoms with Crippen molar-refractivity contribution in [3.05, 3.63) is 66.4 Å². The highest BCUT2D eigenvalue weighted by Gasteiger charge is 2.14. The standard InChI is InChI=1S/C23H28N4O/c1-16(2)18-10-12-20(13-11-18)27-15-21(19-8-6-5-7-9-19)25-23(27)26-22(28)14-24-17(3)4/h5-13,15-17,24H,14H2,1-4H3,(H,25,26,28). The van der Waals surface area contributed by atoms with Gasteiger partial charge in [-0.2, -0.15) is 0 Å². The van der Waals surface area contributed by atoms with E-state index in [2.05, 4.69) is 53.7 Å². The van der Waals surface area contributed by atoms with Gasteiger partial charge in [-0.05, 0) is 23.6 Å². The Kier molecular flexibility index (Phi) is 6.26. The number of imidazole rings is 1. The van der Waals surface area contributed by atoms with Gasteiger partial charge in [-0.15, -0.1) is 0 Å². The van der Waals surface area contributed by atoms with Crippen LogP contribution in [0.2, 0.25) is 0 Å². The minimum atomic E-state index is -0.112. The highest BCUT2D eigenvalue weighted by Crippen LogP contribution is 2.25. The van der Waals surface area contributed by atoms with Crippen LogP contribution in [0.3, 0.4) is 0 Å². The molecule has 0 bridgehead atoms. The maximum atomic E-state index is 12.4. The normalized spacial score (nSPS) is 11.2. The van der Waals surface area contributed by atoms with Crippen molar-refractivity contribution in [1.82, 2.24) is 14.9 Å². The average Bonchev–Trinajstić information content (AvgIpc) is 3.11. The summed E-state index contributed by atoms with van der Waals surface area (Å²) in [5.74, 6) is 0.878. The molecule has 28 heavy (non-hydrogen) atoms. The molecule has 0 atom stereocenters. The molecule has 0 unspecified atom stereocenters. The molecule has 1 aromatic heterocycles. The Morgan fingerprint density at radius 3 is 2.29 bits per heavy atom.